The third-order valence-corrected chi connectivity index (χ3v) is 3.84. The minimum Gasteiger partial charge on any atom is -0.370 e. The number of hydrogen-bond acceptors (Lipinski definition) is 4. The lowest BCUT2D eigenvalue weighted by Crippen LogP contribution is -2.26. The Hall–Kier alpha value is -2.69. The Kier molecular flexibility index (Phi) is 2.88. The number of hydrogen-bond donors (Lipinski definition) is 1. The van der Waals surface area contributed by atoms with E-state index in [2.05, 4.69) is 33.5 Å². The number of aromatic nitrogens is 4. The summed E-state index contributed by atoms with van der Waals surface area (Å²) in [5.74, 6) is 1.49. The highest BCUT2D eigenvalue weighted by Gasteiger charge is 2.21. The zero-order valence-corrected chi connectivity index (χ0v) is 11.5. The monoisotopic (exact) mass is 277 g/mol. The zero-order chi connectivity index (χ0) is 14.1. The first-order valence-electron chi connectivity index (χ1n) is 7.02. The van der Waals surface area contributed by atoms with E-state index in [0.29, 0.717) is 5.92 Å². The second-order valence-electron chi connectivity index (χ2n) is 5.20. The fourth-order valence-electron chi connectivity index (χ4n) is 2.71. The Labute approximate surface area is 122 Å². The Balaban J connectivity index is 1.63. The van der Waals surface area contributed by atoms with E-state index in [1.54, 1.807) is 6.20 Å². The summed E-state index contributed by atoms with van der Waals surface area (Å²) in [5.41, 5.74) is 3.30. The van der Waals surface area contributed by atoms with E-state index in [1.165, 1.54) is 5.56 Å². The first-order valence-corrected chi connectivity index (χ1v) is 7.02. The van der Waals surface area contributed by atoms with Gasteiger partial charge in [-0.05, 0) is 29.8 Å². The molecule has 3 aromatic heterocycles. The lowest BCUT2D eigenvalue weighted by atomic mass is 9.99. The largest absolute Gasteiger partial charge is 0.370 e. The van der Waals surface area contributed by atoms with Crippen LogP contribution in [-0.4, -0.2) is 26.3 Å². The quantitative estimate of drug-likeness (QED) is 0.782. The SMILES string of the molecule is c1cncc(-c2cc3n(n2)CC(c2ccncc2)CN3)c1. The van der Waals surface area contributed by atoms with Crippen LogP contribution < -0.4 is 5.32 Å². The molecular weight excluding hydrogens is 262 g/mol. The van der Waals surface area contributed by atoms with E-state index in [0.717, 1.165) is 30.2 Å². The summed E-state index contributed by atoms with van der Waals surface area (Å²) in [4.78, 5) is 8.23. The van der Waals surface area contributed by atoms with Crippen molar-refractivity contribution in [3.8, 4) is 11.3 Å². The Bertz CT molecular complexity index is 736. The molecular formula is C16H15N5. The van der Waals surface area contributed by atoms with Gasteiger partial charge >= 0.3 is 0 Å². The highest BCUT2D eigenvalue weighted by molar-refractivity contribution is 5.62. The van der Waals surface area contributed by atoms with Crippen LogP contribution >= 0.6 is 0 Å². The van der Waals surface area contributed by atoms with Crippen LogP contribution in [0.4, 0.5) is 5.82 Å². The predicted octanol–water partition coefficient (Wildman–Crippen LogP) is 2.55. The molecule has 4 rings (SSSR count). The van der Waals surface area contributed by atoms with Crippen molar-refractivity contribution >= 4 is 5.82 Å². The molecule has 0 spiro atoms. The number of nitrogens with one attached hydrogen (secondary N) is 1. The van der Waals surface area contributed by atoms with Gasteiger partial charge in [0, 0.05) is 48.9 Å². The standard InChI is InChI=1S/C16H15N5/c1-2-13(9-18-5-1)15-8-16-19-10-14(11-21(16)20-15)12-3-6-17-7-4-12/h1-9,14,19H,10-11H2. The van der Waals surface area contributed by atoms with Crippen molar-refractivity contribution in [3.63, 3.8) is 0 Å². The summed E-state index contributed by atoms with van der Waals surface area (Å²) < 4.78 is 2.04. The van der Waals surface area contributed by atoms with Gasteiger partial charge in [0.05, 0.1) is 12.2 Å². The van der Waals surface area contributed by atoms with Crippen LogP contribution in [0.3, 0.4) is 0 Å². The van der Waals surface area contributed by atoms with Crippen molar-refractivity contribution in [2.45, 2.75) is 12.5 Å². The number of pyridine rings is 2. The lowest BCUT2D eigenvalue weighted by Gasteiger charge is -2.24. The van der Waals surface area contributed by atoms with E-state index < -0.39 is 0 Å². The molecule has 21 heavy (non-hydrogen) atoms. The van der Waals surface area contributed by atoms with Crippen molar-refractivity contribution in [3.05, 3.63) is 60.7 Å². The van der Waals surface area contributed by atoms with Gasteiger partial charge in [-0.25, -0.2) is 4.68 Å². The molecule has 0 bridgehead atoms. The maximum Gasteiger partial charge on any atom is 0.124 e. The highest BCUT2D eigenvalue weighted by Crippen LogP contribution is 2.28. The molecule has 0 fully saturated rings. The van der Waals surface area contributed by atoms with Gasteiger partial charge in [-0.1, -0.05) is 0 Å². The number of nitrogens with zero attached hydrogens (tertiary/aromatic N) is 4. The van der Waals surface area contributed by atoms with Crippen molar-refractivity contribution < 1.29 is 0 Å². The van der Waals surface area contributed by atoms with Crippen molar-refractivity contribution in [2.24, 2.45) is 0 Å². The molecule has 1 N–H and O–H groups in total. The van der Waals surface area contributed by atoms with Gasteiger partial charge in [-0.3, -0.25) is 9.97 Å². The summed E-state index contributed by atoms with van der Waals surface area (Å²) in [7, 11) is 0. The molecule has 3 aromatic rings. The molecule has 1 aliphatic rings. The van der Waals surface area contributed by atoms with Gasteiger partial charge in [0.25, 0.3) is 0 Å². The highest BCUT2D eigenvalue weighted by atomic mass is 15.3. The van der Waals surface area contributed by atoms with Crippen LogP contribution in [0.15, 0.2) is 55.1 Å². The first-order chi connectivity index (χ1) is 10.4. The Morgan fingerprint density at radius 1 is 1.10 bits per heavy atom. The molecule has 0 radical (unpaired) electrons. The Morgan fingerprint density at radius 2 is 2.00 bits per heavy atom. The molecule has 0 aliphatic carbocycles. The number of rotatable bonds is 2. The van der Waals surface area contributed by atoms with Crippen LogP contribution in [-0.2, 0) is 6.54 Å². The lowest BCUT2D eigenvalue weighted by molar-refractivity contribution is 0.506. The minimum absolute atomic E-state index is 0.419. The van der Waals surface area contributed by atoms with Crippen LogP contribution in [0.25, 0.3) is 11.3 Å². The number of fused-ring (bicyclic) bond motifs is 1. The summed E-state index contributed by atoms with van der Waals surface area (Å²) in [5, 5.41) is 8.16. The molecule has 5 nitrogen and oxygen atoms in total. The topological polar surface area (TPSA) is 55.6 Å². The predicted molar refractivity (Wildman–Crippen MR) is 80.9 cm³/mol. The minimum atomic E-state index is 0.419. The summed E-state index contributed by atoms with van der Waals surface area (Å²) in [6.07, 6.45) is 7.30. The van der Waals surface area contributed by atoms with E-state index in [1.807, 2.05) is 35.4 Å². The third-order valence-electron chi connectivity index (χ3n) is 3.84. The summed E-state index contributed by atoms with van der Waals surface area (Å²) >= 11 is 0. The van der Waals surface area contributed by atoms with Gasteiger partial charge in [0.15, 0.2) is 0 Å². The van der Waals surface area contributed by atoms with Crippen molar-refractivity contribution in [2.75, 3.05) is 11.9 Å². The third kappa shape index (κ3) is 2.27. The summed E-state index contributed by atoms with van der Waals surface area (Å²) in [6, 6.07) is 10.2. The Morgan fingerprint density at radius 3 is 2.81 bits per heavy atom. The maximum absolute atomic E-state index is 4.70. The van der Waals surface area contributed by atoms with Crippen LogP contribution in [0.1, 0.15) is 11.5 Å². The summed E-state index contributed by atoms with van der Waals surface area (Å²) in [6.45, 7) is 1.80. The average molecular weight is 277 g/mol. The van der Waals surface area contributed by atoms with Gasteiger partial charge in [-0.2, -0.15) is 5.10 Å². The van der Waals surface area contributed by atoms with Crippen molar-refractivity contribution in [1.82, 2.24) is 19.7 Å². The van der Waals surface area contributed by atoms with E-state index in [4.69, 9.17) is 5.10 Å². The first kappa shape index (κ1) is 12.1. The normalized spacial score (nSPS) is 17.0. The van der Waals surface area contributed by atoms with Crippen molar-refractivity contribution in [1.29, 1.82) is 0 Å². The van der Waals surface area contributed by atoms with E-state index in [-0.39, 0.29) is 0 Å². The van der Waals surface area contributed by atoms with Crippen LogP contribution in [0.2, 0.25) is 0 Å². The van der Waals surface area contributed by atoms with Gasteiger partial charge < -0.3 is 5.32 Å². The molecule has 5 heteroatoms. The average Bonchev–Trinajstić information content (AvgIpc) is 2.99. The molecule has 104 valence electrons. The van der Waals surface area contributed by atoms with E-state index in [9.17, 15) is 0 Å². The number of anilines is 1. The van der Waals surface area contributed by atoms with Gasteiger partial charge in [-0.15, -0.1) is 0 Å². The molecule has 1 aliphatic heterocycles. The molecule has 1 unspecified atom stereocenters. The fourth-order valence-corrected chi connectivity index (χ4v) is 2.71. The molecule has 4 heterocycles. The fraction of sp³-hybridized carbons (Fsp3) is 0.188. The molecule has 0 aromatic carbocycles. The smallest absolute Gasteiger partial charge is 0.124 e. The van der Waals surface area contributed by atoms with E-state index >= 15 is 0 Å². The molecule has 0 amide bonds. The van der Waals surface area contributed by atoms with Crippen LogP contribution in [0, 0.1) is 0 Å². The second-order valence-corrected chi connectivity index (χ2v) is 5.20. The van der Waals surface area contributed by atoms with Gasteiger partial charge in [0.2, 0.25) is 0 Å². The second kappa shape index (κ2) is 5.01. The van der Waals surface area contributed by atoms with Crippen LogP contribution in [0.5, 0.6) is 0 Å². The zero-order valence-electron chi connectivity index (χ0n) is 11.5. The maximum atomic E-state index is 4.70. The molecule has 0 saturated carbocycles. The molecule has 0 saturated heterocycles. The van der Waals surface area contributed by atoms with Gasteiger partial charge in [0.1, 0.15) is 5.82 Å². The molecule has 1 atom stereocenters.